The van der Waals surface area contributed by atoms with Crippen molar-refractivity contribution in [2.24, 2.45) is 5.92 Å². The summed E-state index contributed by atoms with van der Waals surface area (Å²) in [6.45, 7) is 0. The molecule has 0 aromatic heterocycles. The van der Waals surface area contributed by atoms with E-state index in [0.29, 0.717) is 0 Å². The molecule has 1 aliphatic carbocycles. The molecule has 1 atom stereocenters. The molecule has 2 heteroatoms. The van der Waals surface area contributed by atoms with E-state index in [1.54, 1.807) is 0 Å². The van der Waals surface area contributed by atoms with E-state index >= 15 is 0 Å². The van der Waals surface area contributed by atoms with Crippen molar-refractivity contribution in [3.05, 3.63) is 6.42 Å². The quantitative estimate of drug-likeness (QED) is 0.540. The van der Waals surface area contributed by atoms with Crippen LogP contribution in [0.1, 0.15) is 12.8 Å². The number of hydrogen-bond acceptors (Lipinski definition) is 1. The van der Waals surface area contributed by atoms with Gasteiger partial charge in [-0.05, 0) is 18.8 Å². The Morgan fingerprint density at radius 3 is 2.43 bits per heavy atom. The lowest BCUT2D eigenvalue weighted by Gasteiger charge is -1.94. The largest absolute Gasteiger partial charge is 0.382 e. The Morgan fingerprint density at radius 2 is 2.29 bits per heavy atom. The highest BCUT2D eigenvalue weighted by atomic mass is 127. The molecule has 0 spiro atoms. The van der Waals surface area contributed by atoms with E-state index in [2.05, 4.69) is 0 Å². The first-order chi connectivity index (χ1) is 3.29. The molecule has 1 unspecified atom stereocenters. The van der Waals surface area contributed by atoms with Gasteiger partial charge in [-0.2, -0.15) is 0 Å². The Balaban J connectivity index is 1.97. The number of aliphatic hydroxyl groups is 1. The third kappa shape index (κ3) is 2.49. The van der Waals surface area contributed by atoms with Crippen LogP contribution in [0.3, 0.4) is 0 Å². The van der Waals surface area contributed by atoms with Gasteiger partial charge >= 0.3 is 0 Å². The Kier molecular flexibility index (Phi) is 1.92. The minimum Gasteiger partial charge on any atom is -0.382 e. The topological polar surface area (TPSA) is 20.2 Å². The van der Waals surface area contributed by atoms with E-state index in [9.17, 15) is 0 Å². The molecule has 0 heterocycles. The normalized spacial score (nSPS) is 24.9. The van der Waals surface area contributed by atoms with Gasteiger partial charge in [-0.15, -0.1) is 0 Å². The van der Waals surface area contributed by atoms with Crippen molar-refractivity contribution in [2.75, 3.05) is 0 Å². The van der Waals surface area contributed by atoms with Gasteiger partial charge in [0.1, 0.15) is 4.11 Å². The van der Waals surface area contributed by atoms with Crippen LogP contribution in [0.15, 0.2) is 0 Å². The van der Waals surface area contributed by atoms with E-state index in [-0.39, 0.29) is 4.11 Å². The van der Waals surface area contributed by atoms with Crippen LogP contribution in [0.25, 0.3) is 0 Å². The number of rotatable bonds is 2. The van der Waals surface area contributed by atoms with Crippen molar-refractivity contribution in [1.82, 2.24) is 0 Å². The highest BCUT2D eigenvalue weighted by molar-refractivity contribution is 14.1. The first kappa shape index (κ1) is 5.82. The summed E-state index contributed by atoms with van der Waals surface area (Å²) in [5.74, 6) is 0.742. The van der Waals surface area contributed by atoms with E-state index in [1.807, 2.05) is 29.0 Å². The third-order valence-electron chi connectivity index (χ3n) is 1.05. The molecular formula is C5H8IO. The van der Waals surface area contributed by atoms with Crippen molar-refractivity contribution in [2.45, 2.75) is 17.0 Å². The van der Waals surface area contributed by atoms with Crippen LogP contribution in [0, 0.1) is 12.3 Å². The second-order valence-corrected chi connectivity index (χ2v) is 3.18. The molecule has 1 radical (unpaired) electrons. The number of hydrogen-bond donors (Lipinski definition) is 1. The Hall–Kier alpha value is 0.690. The van der Waals surface area contributed by atoms with Crippen molar-refractivity contribution >= 4 is 22.6 Å². The van der Waals surface area contributed by atoms with Crippen molar-refractivity contribution in [3.8, 4) is 0 Å². The van der Waals surface area contributed by atoms with Crippen molar-refractivity contribution in [1.29, 1.82) is 0 Å². The molecule has 0 saturated heterocycles. The highest BCUT2D eigenvalue weighted by Gasteiger charge is 2.23. The Morgan fingerprint density at radius 1 is 1.71 bits per heavy atom. The first-order valence-electron chi connectivity index (χ1n) is 2.46. The Bertz CT molecular complexity index is 59.1. The third-order valence-corrected chi connectivity index (χ3v) is 1.47. The lowest BCUT2D eigenvalue weighted by atomic mass is 10.3. The maximum atomic E-state index is 8.69. The van der Waals surface area contributed by atoms with Gasteiger partial charge in [-0.25, -0.2) is 0 Å². The zero-order chi connectivity index (χ0) is 5.28. The van der Waals surface area contributed by atoms with Gasteiger partial charge in [-0.1, -0.05) is 22.6 Å². The fraction of sp³-hybridized carbons (Fsp3) is 0.800. The van der Waals surface area contributed by atoms with Gasteiger partial charge in [0.25, 0.3) is 0 Å². The monoisotopic (exact) mass is 211 g/mol. The minimum atomic E-state index is -0.218. The molecule has 41 valence electrons. The predicted molar refractivity (Wildman–Crippen MR) is 37.1 cm³/mol. The molecular weight excluding hydrogens is 203 g/mol. The summed E-state index contributed by atoms with van der Waals surface area (Å²) in [4.78, 5) is 0. The highest BCUT2D eigenvalue weighted by Crippen LogP contribution is 2.33. The second-order valence-electron chi connectivity index (χ2n) is 1.90. The van der Waals surface area contributed by atoms with Crippen LogP contribution in [-0.4, -0.2) is 9.22 Å². The van der Waals surface area contributed by atoms with Gasteiger partial charge in [-0.3, -0.25) is 0 Å². The molecule has 1 aliphatic rings. The summed E-state index contributed by atoms with van der Waals surface area (Å²) < 4.78 is -0.218. The van der Waals surface area contributed by atoms with E-state index in [1.165, 1.54) is 12.8 Å². The average molecular weight is 211 g/mol. The smallest absolute Gasteiger partial charge is 0.108 e. The fourth-order valence-electron chi connectivity index (χ4n) is 0.513. The van der Waals surface area contributed by atoms with Crippen LogP contribution in [0.5, 0.6) is 0 Å². The summed E-state index contributed by atoms with van der Waals surface area (Å²) in [5, 5.41) is 8.69. The van der Waals surface area contributed by atoms with Crippen LogP contribution < -0.4 is 0 Å². The molecule has 1 fully saturated rings. The average Bonchev–Trinajstić information content (AvgIpc) is 2.17. The fourth-order valence-corrected chi connectivity index (χ4v) is 1.10. The zero-order valence-corrected chi connectivity index (χ0v) is 6.13. The van der Waals surface area contributed by atoms with Crippen molar-refractivity contribution < 1.29 is 5.11 Å². The van der Waals surface area contributed by atoms with E-state index < -0.39 is 0 Å². The predicted octanol–water partition coefficient (Wildman–Crippen LogP) is 1.35. The second kappa shape index (κ2) is 2.31. The molecule has 1 saturated carbocycles. The number of halogens is 1. The van der Waals surface area contributed by atoms with Gasteiger partial charge in [0.2, 0.25) is 0 Å². The first-order valence-corrected chi connectivity index (χ1v) is 3.71. The van der Waals surface area contributed by atoms with Gasteiger partial charge in [0, 0.05) is 6.42 Å². The molecule has 1 nitrogen and oxygen atoms in total. The minimum absolute atomic E-state index is 0.218. The molecule has 7 heavy (non-hydrogen) atoms. The molecule has 0 amide bonds. The molecule has 0 aromatic carbocycles. The zero-order valence-electron chi connectivity index (χ0n) is 3.97. The molecule has 0 bridgehead atoms. The lowest BCUT2D eigenvalue weighted by Crippen LogP contribution is -1.95. The van der Waals surface area contributed by atoms with Crippen LogP contribution in [0.2, 0.25) is 0 Å². The lowest BCUT2D eigenvalue weighted by molar-refractivity contribution is 0.302. The van der Waals surface area contributed by atoms with Crippen LogP contribution in [0.4, 0.5) is 0 Å². The van der Waals surface area contributed by atoms with Crippen molar-refractivity contribution in [3.63, 3.8) is 0 Å². The number of alkyl halides is 1. The molecule has 0 aliphatic heterocycles. The van der Waals surface area contributed by atoms with E-state index in [4.69, 9.17) is 5.11 Å². The molecule has 0 aromatic rings. The Labute approximate surface area is 57.2 Å². The summed E-state index contributed by atoms with van der Waals surface area (Å²) >= 11 is 2.00. The van der Waals surface area contributed by atoms with Gasteiger partial charge in [0.05, 0.1) is 0 Å². The molecule has 1 N–H and O–H groups in total. The SMILES string of the molecule is OC(I)[CH]C1CC1. The van der Waals surface area contributed by atoms with Crippen LogP contribution >= 0.6 is 22.6 Å². The van der Waals surface area contributed by atoms with Gasteiger partial charge < -0.3 is 5.11 Å². The maximum absolute atomic E-state index is 8.69. The summed E-state index contributed by atoms with van der Waals surface area (Å²) in [6.07, 6.45) is 4.57. The summed E-state index contributed by atoms with van der Waals surface area (Å²) in [7, 11) is 0. The molecule has 1 rings (SSSR count). The van der Waals surface area contributed by atoms with Gasteiger partial charge in [0.15, 0.2) is 0 Å². The number of aliphatic hydroxyl groups excluding tert-OH is 1. The standard InChI is InChI=1S/C5H8IO/c6-5(7)3-4-1-2-4/h3-5,7H,1-2H2. The maximum Gasteiger partial charge on any atom is 0.108 e. The van der Waals surface area contributed by atoms with E-state index in [0.717, 1.165) is 5.92 Å². The van der Waals surface area contributed by atoms with Crippen LogP contribution in [-0.2, 0) is 0 Å². The summed E-state index contributed by atoms with van der Waals surface area (Å²) in [6, 6.07) is 0. The summed E-state index contributed by atoms with van der Waals surface area (Å²) in [5.41, 5.74) is 0.